The summed E-state index contributed by atoms with van der Waals surface area (Å²) in [7, 11) is 1.70. The van der Waals surface area contributed by atoms with E-state index in [0.717, 1.165) is 10.4 Å². The Labute approximate surface area is 119 Å². The first-order chi connectivity index (χ1) is 9.61. The Balaban J connectivity index is 2.27. The number of carbonyl (C=O) groups excluding carboxylic acids is 1. The number of carboxylic acids is 1. The molecule has 0 saturated heterocycles. The van der Waals surface area contributed by atoms with E-state index in [1.54, 1.807) is 13.1 Å². The van der Waals surface area contributed by atoms with Crippen molar-refractivity contribution in [3.63, 3.8) is 0 Å². The number of rotatable bonds is 5. The first kappa shape index (κ1) is 14.1. The summed E-state index contributed by atoms with van der Waals surface area (Å²) in [5.41, 5.74) is 1.34. The van der Waals surface area contributed by atoms with Gasteiger partial charge in [-0.1, -0.05) is 30.3 Å². The molecule has 1 heterocycles. The summed E-state index contributed by atoms with van der Waals surface area (Å²) in [6.45, 7) is -0.640. The van der Waals surface area contributed by atoms with E-state index < -0.39 is 18.5 Å². The Morgan fingerprint density at radius 3 is 2.60 bits per heavy atom. The number of anilines is 1. The summed E-state index contributed by atoms with van der Waals surface area (Å²) >= 11 is 1.42. The summed E-state index contributed by atoms with van der Waals surface area (Å²) in [6.07, 6.45) is 0. The topological polar surface area (TPSA) is 75.6 Å². The van der Waals surface area contributed by atoms with Crippen molar-refractivity contribution in [1.29, 1.82) is 0 Å². The fourth-order valence-electron chi connectivity index (χ4n) is 1.68. The second-order valence-corrected chi connectivity index (χ2v) is 4.99. The highest BCUT2D eigenvalue weighted by Crippen LogP contribution is 2.35. The van der Waals surface area contributed by atoms with Gasteiger partial charge in [-0.3, -0.25) is 0 Å². The van der Waals surface area contributed by atoms with Gasteiger partial charge in [0, 0.05) is 11.9 Å². The van der Waals surface area contributed by atoms with Crippen LogP contribution in [0.25, 0.3) is 10.4 Å². The molecule has 0 bridgehead atoms. The van der Waals surface area contributed by atoms with Crippen molar-refractivity contribution < 1.29 is 19.4 Å². The van der Waals surface area contributed by atoms with Crippen molar-refractivity contribution in [3.8, 4) is 10.4 Å². The summed E-state index contributed by atoms with van der Waals surface area (Å²) in [5, 5.41) is 12.1. The van der Waals surface area contributed by atoms with Gasteiger partial charge in [0.2, 0.25) is 0 Å². The van der Waals surface area contributed by atoms with Crippen LogP contribution in [0, 0.1) is 0 Å². The molecule has 0 amide bonds. The average molecular weight is 291 g/mol. The van der Waals surface area contributed by atoms with E-state index in [2.05, 4.69) is 5.32 Å². The standard InChI is InChI=1S/C14H13NO4S/c1-15-13-10(14(18)19-8-12(16)17)7-11(20-13)9-5-3-2-4-6-9/h2-7,15H,8H2,1H3,(H,16,17). The molecule has 0 radical (unpaired) electrons. The third kappa shape index (κ3) is 3.16. The summed E-state index contributed by atoms with van der Waals surface area (Å²) in [4.78, 5) is 23.2. The zero-order valence-electron chi connectivity index (χ0n) is 10.8. The van der Waals surface area contributed by atoms with Crippen LogP contribution in [-0.2, 0) is 9.53 Å². The highest BCUT2D eigenvalue weighted by molar-refractivity contribution is 7.19. The van der Waals surface area contributed by atoms with Crippen LogP contribution in [0.5, 0.6) is 0 Å². The van der Waals surface area contributed by atoms with Gasteiger partial charge >= 0.3 is 11.9 Å². The van der Waals surface area contributed by atoms with E-state index in [4.69, 9.17) is 9.84 Å². The van der Waals surface area contributed by atoms with Crippen LogP contribution in [0.2, 0.25) is 0 Å². The molecule has 0 spiro atoms. The van der Waals surface area contributed by atoms with E-state index in [1.807, 2.05) is 30.3 Å². The molecule has 0 fully saturated rings. The predicted molar refractivity (Wildman–Crippen MR) is 77.2 cm³/mol. The average Bonchev–Trinajstić information content (AvgIpc) is 2.90. The summed E-state index contributed by atoms with van der Waals surface area (Å²) in [5.74, 6) is -1.82. The van der Waals surface area contributed by atoms with Crippen molar-refractivity contribution in [2.24, 2.45) is 0 Å². The van der Waals surface area contributed by atoms with E-state index >= 15 is 0 Å². The van der Waals surface area contributed by atoms with Crippen LogP contribution < -0.4 is 5.32 Å². The molecule has 0 saturated carbocycles. The molecule has 2 aromatic rings. The Morgan fingerprint density at radius 1 is 1.30 bits per heavy atom. The quantitative estimate of drug-likeness (QED) is 0.828. The molecule has 0 aliphatic heterocycles. The number of esters is 1. The van der Waals surface area contributed by atoms with Crippen molar-refractivity contribution in [1.82, 2.24) is 0 Å². The minimum Gasteiger partial charge on any atom is -0.479 e. The van der Waals surface area contributed by atoms with Gasteiger partial charge in [-0.15, -0.1) is 11.3 Å². The molecule has 20 heavy (non-hydrogen) atoms. The van der Waals surface area contributed by atoms with Gasteiger partial charge in [0.1, 0.15) is 5.00 Å². The molecule has 0 aliphatic carbocycles. The third-order valence-corrected chi connectivity index (χ3v) is 3.77. The molecular formula is C14H13NO4S. The fraction of sp³-hybridized carbons (Fsp3) is 0.143. The van der Waals surface area contributed by atoms with Crippen LogP contribution in [0.3, 0.4) is 0 Å². The highest BCUT2D eigenvalue weighted by Gasteiger charge is 2.18. The van der Waals surface area contributed by atoms with Crippen LogP contribution in [0.15, 0.2) is 36.4 Å². The molecular weight excluding hydrogens is 278 g/mol. The van der Waals surface area contributed by atoms with Gasteiger partial charge in [0.25, 0.3) is 0 Å². The van der Waals surface area contributed by atoms with Gasteiger partial charge in [0.05, 0.1) is 5.56 Å². The first-order valence-corrected chi connectivity index (χ1v) is 6.69. The molecule has 0 aliphatic rings. The predicted octanol–water partition coefficient (Wildman–Crippen LogP) is 2.70. The largest absolute Gasteiger partial charge is 0.479 e. The number of hydrogen-bond donors (Lipinski definition) is 2. The normalized spacial score (nSPS) is 10.1. The lowest BCUT2D eigenvalue weighted by Gasteiger charge is -2.02. The van der Waals surface area contributed by atoms with E-state index in [-0.39, 0.29) is 0 Å². The maximum atomic E-state index is 11.9. The molecule has 0 unspecified atom stereocenters. The number of hydrogen-bond acceptors (Lipinski definition) is 5. The number of carbonyl (C=O) groups is 2. The van der Waals surface area contributed by atoms with Gasteiger partial charge in [0.15, 0.2) is 6.61 Å². The number of benzene rings is 1. The zero-order chi connectivity index (χ0) is 14.5. The van der Waals surface area contributed by atoms with Gasteiger partial charge in [-0.05, 0) is 11.6 Å². The minimum absolute atomic E-state index is 0.345. The molecule has 104 valence electrons. The first-order valence-electron chi connectivity index (χ1n) is 5.87. The van der Waals surface area contributed by atoms with Crippen molar-refractivity contribution >= 4 is 28.3 Å². The lowest BCUT2D eigenvalue weighted by atomic mass is 10.1. The van der Waals surface area contributed by atoms with Crippen LogP contribution in [0.4, 0.5) is 5.00 Å². The van der Waals surface area contributed by atoms with Crippen LogP contribution in [-0.4, -0.2) is 30.7 Å². The maximum absolute atomic E-state index is 11.9. The third-order valence-electron chi connectivity index (χ3n) is 2.56. The van der Waals surface area contributed by atoms with Crippen LogP contribution in [0.1, 0.15) is 10.4 Å². The Morgan fingerprint density at radius 2 is 2.00 bits per heavy atom. The lowest BCUT2D eigenvalue weighted by molar-refractivity contribution is -0.140. The summed E-state index contributed by atoms with van der Waals surface area (Å²) < 4.78 is 4.71. The Kier molecular flexibility index (Phi) is 4.37. The highest BCUT2D eigenvalue weighted by atomic mass is 32.1. The minimum atomic E-state index is -1.18. The molecule has 2 rings (SSSR count). The molecule has 1 aromatic heterocycles. The smallest absolute Gasteiger partial charge is 0.341 e. The second-order valence-electron chi connectivity index (χ2n) is 3.94. The molecule has 0 atom stereocenters. The molecule has 5 nitrogen and oxygen atoms in total. The van der Waals surface area contributed by atoms with E-state index in [0.29, 0.717) is 10.6 Å². The maximum Gasteiger partial charge on any atom is 0.341 e. The van der Waals surface area contributed by atoms with Crippen molar-refractivity contribution in [2.75, 3.05) is 19.0 Å². The Hall–Kier alpha value is -2.34. The Bertz CT molecular complexity index is 621. The molecule has 2 N–H and O–H groups in total. The second kappa shape index (κ2) is 6.21. The van der Waals surface area contributed by atoms with Crippen molar-refractivity contribution in [2.45, 2.75) is 0 Å². The fourth-order valence-corrected chi connectivity index (χ4v) is 2.68. The van der Waals surface area contributed by atoms with Gasteiger partial charge in [-0.2, -0.15) is 0 Å². The molecule has 1 aromatic carbocycles. The van der Waals surface area contributed by atoms with E-state index in [1.165, 1.54) is 11.3 Å². The van der Waals surface area contributed by atoms with Gasteiger partial charge < -0.3 is 15.2 Å². The number of carboxylic acid groups (broad SMARTS) is 1. The SMILES string of the molecule is CNc1sc(-c2ccccc2)cc1C(=O)OCC(=O)O. The summed E-state index contributed by atoms with van der Waals surface area (Å²) in [6, 6.07) is 11.3. The number of ether oxygens (including phenoxy) is 1. The van der Waals surface area contributed by atoms with Crippen molar-refractivity contribution in [3.05, 3.63) is 42.0 Å². The van der Waals surface area contributed by atoms with Gasteiger partial charge in [-0.25, -0.2) is 9.59 Å². The lowest BCUT2D eigenvalue weighted by Crippen LogP contribution is -2.13. The zero-order valence-corrected chi connectivity index (χ0v) is 11.6. The molecule has 6 heteroatoms. The number of aliphatic carboxylic acids is 1. The monoisotopic (exact) mass is 291 g/mol. The number of nitrogens with one attached hydrogen (secondary N) is 1. The van der Waals surface area contributed by atoms with E-state index in [9.17, 15) is 9.59 Å². The number of thiophene rings is 1. The van der Waals surface area contributed by atoms with Crippen LogP contribution >= 0.6 is 11.3 Å².